The molecular formula is C17H19NO. The van der Waals surface area contributed by atoms with Gasteiger partial charge in [0, 0.05) is 0 Å². The normalized spacial score (nSPS) is 20.8. The molecule has 0 heterocycles. The van der Waals surface area contributed by atoms with Crippen molar-refractivity contribution in [3.05, 3.63) is 58.7 Å². The second-order valence-electron chi connectivity index (χ2n) is 5.20. The molecule has 19 heavy (non-hydrogen) atoms. The van der Waals surface area contributed by atoms with Crippen molar-refractivity contribution < 1.29 is 5.11 Å². The fourth-order valence-electron chi connectivity index (χ4n) is 2.55. The van der Waals surface area contributed by atoms with E-state index in [9.17, 15) is 5.11 Å². The Bertz CT molecular complexity index is 592. The Balaban J connectivity index is 2.48. The first-order chi connectivity index (χ1) is 9.01. The lowest BCUT2D eigenvalue weighted by Gasteiger charge is -2.29. The SMILES string of the molecule is CCC(O)(C1=CC(C)C=C1)c1ccc(C#N)c(C)c1. The maximum absolute atomic E-state index is 11.0. The Hall–Kier alpha value is -1.85. The van der Waals surface area contributed by atoms with Gasteiger partial charge in [0.1, 0.15) is 5.60 Å². The summed E-state index contributed by atoms with van der Waals surface area (Å²) in [6, 6.07) is 7.71. The molecule has 98 valence electrons. The smallest absolute Gasteiger partial charge is 0.114 e. The van der Waals surface area contributed by atoms with Gasteiger partial charge in [0.25, 0.3) is 0 Å². The van der Waals surface area contributed by atoms with E-state index >= 15 is 0 Å². The summed E-state index contributed by atoms with van der Waals surface area (Å²) in [7, 11) is 0. The molecular weight excluding hydrogens is 234 g/mol. The van der Waals surface area contributed by atoms with Gasteiger partial charge in [-0.2, -0.15) is 5.26 Å². The van der Waals surface area contributed by atoms with Crippen LogP contribution in [0.3, 0.4) is 0 Å². The molecule has 2 nitrogen and oxygen atoms in total. The summed E-state index contributed by atoms with van der Waals surface area (Å²) in [5, 5.41) is 20.0. The number of hydrogen-bond donors (Lipinski definition) is 1. The Morgan fingerprint density at radius 3 is 2.63 bits per heavy atom. The lowest BCUT2D eigenvalue weighted by Crippen LogP contribution is -2.26. The molecule has 2 heteroatoms. The molecule has 0 aromatic heterocycles. The number of benzene rings is 1. The summed E-state index contributed by atoms with van der Waals surface area (Å²) in [6.45, 7) is 5.98. The second kappa shape index (κ2) is 5.03. The highest BCUT2D eigenvalue weighted by Gasteiger charge is 2.32. The van der Waals surface area contributed by atoms with Gasteiger partial charge in [-0.15, -0.1) is 0 Å². The van der Waals surface area contributed by atoms with Gasteiger partial charge in [-0.3, -0.25) is 0 Å². The number of nitriles is 1. The van der Waals surface area contributed by atoms with Crippen molar-refractivity contribution in [1.82, 2.24) is 0 Å². The van der Waals surface area contributed by atoms with Gasteiger partial charge in [-0.25, -0.2) is 0 Å². The van der Waals surface area contributed by atoms with Crippen molar-refractivity contribution in [1.29, 1.82) is 5.26 Å². The van der Waals surface area contributed by atoms with Crippen LogP contribution >= 0.6 is 0 Å². The van der Waals surface area contributed by atoms with Crippen molar-refractivity contribution in [2.24, 2.45) is 5.92 Å². The topological polar surface area (TPSA) is 44.0 Å². The van der Waals surface area contributed by atoms with E-state index in [0.29, 0.717) is 17.9 Å². The van der Waals surface area contributed by atoms with E-state index in [-0.39, 0.29) is 0 Å². The zero-order chi connectivity index (χ0) is 14.0. The number of nitrogens with zero attached hydrogens (tertiary/aromatic N) is 1. The molecule has 2 rings (SSSR count). The van der Waals surface area contributed by atoms with Gasteiger partial charge in [0.05, 0.1) is 11.6 Å². The molecule has 0 radical (unpaired) electrons. The van der Waals surface area contributed by atoms with Gasteiger partial charge in [-0.1, -0.05) is 44.2 Å². The molecule has 1 aliphatic carbocycles. The Kier molecular flexibility index (Phi) is 3.59. The van der Waals surface area contributed by atoms with E-state index in [0.717, 1.165) is 16.7 Å². The third-order valence-corrected chi connectivity index (χ3v) is 3.84. The molecule has 0 spiro atoms. The maximum Gasteiger partial charge on any atom is 0.114 e. The third kappa shape index (κ3) is 2.34. The van der Waals surface area contributed by atoms with Gasteiger partial charge in [-0.05, 0) is 42.0 Å². The van der Waals surface area contributed by atoms with Gasteiger partial charge >= 0.3 is 0 Å². The van der Waals surface area contributed by atoms with Crippen molar-refractivity contribution in [3.63, 3.8) is 0 Å². The highest BCUT2D eigenvalue weighted by atomic mass is 16.3. The fraction of sp³-hybridized carbons (Fsp3) is 0.353. The summed E-state index contributed by atoms with van der Waals surface area (Å²) < 4.78 is 0. The first-order valence-corrected chi connectivity index (χ1v) is 6.65. The number of aryl methyl sites for hydroxylation is 1. The molecule has 2 atom stereocenters. The third-order valence-electron chi connectivity index (χ3n) is 3.84. The van der Waals surface area contributed by atoms with E-state index < -0.39 is 5.60 Å². The van der Waals surface area contributed by atoms with Gasteiger partial charge < -0.3 is 5.11 Å². The predicted octanol–water partition coefficient (Wildman–Crippen LogP) is 3.60. The molecule has 0 fully saturated rings. The molecule has 0 saturated carbocycles. The van der Waals surface area contributed by atoms with E-state index in [1.807, 2.05) is 32.1 Å². The van der Waals surface area contributed by atoms with Crippen molar-refractivity contribution in [3.8, 4) is 6.07 Å². The molecule has 1 N–H and O–H groups in total. The monoisotopic (exact) mass is 253 g/mol. The van der Waals surface area contributed by atoms with Crippen LogP contribution in [-0.2, 0) is 5.60 Å². The number of aliphatic hydroxyl groups is 1. The van der Waals surface area contributed by atoms with Crippen LogP contribution in [0.4, 0.5) is 0 Å². The van der Waals surface area contributed by atoms with Gasteiger partial charge in [0.15, 0.2) is 0 Å². The number of allylic oxidation sites excluding steroid dienone is 2. The van der Waals surface area contributed by atoms with Crippen LogP contribution < -0.4 is 0 Å². The lowest BCUT2D eigenvalue weighted by molar-refractivity contribution is 0.0757. The lowest BCUT2D eigenvalue weighted by atomic mass is 9.83. The van der Waals surface area contributed by atoms with Crippen LogP contribution in [0.5, 0.6) is 0 Å². The summed E-state index contributed by atoms with van der Waals surface area (Å²) in [5.41, 5.74) is 2.41. The number of rotatable bonds is 3. The molecule has 0 bridgehead atoms. The molecule has 0 aliphatic heterocycles. The van der Waals surface area contributed by atoms with E-state index in [1.54, 1.807) is 6.07 Å². The fourth-order valence-corrected chi connectivity index (χ4v) is 2.55. The van der Waals surface area contributed by atoms with Crippen LogP contribution in [0.1, 0.15) is 37.0 Å². The van der Waals surface area contributed by atoms with Crippen molar-refractivity contribution >= 4 is 0 Å². The number of hydrogen-bond acceptors (Lipinski definition) is 2. The molecule has 1 aromatic rings. The summed E-state index contributed by atoms with van der Waals surface area (Å²) in [6.07, 6.45) is 6.80. The van der Waals surface area contributed by atoms with E-state index in [4.69, 9.17) is 5.26 Å². The van der Waals surface area contributed by atoms with Crippen LogP contribution in [-0.4, -0.2) is 5.11 Å². The van der Waals surface area contributed by atoms with E-state index in [1.165, 1.54) is 0 Å². The van der Waals surface area contributed by atoms with Crippen molar-refractivity contribution in [2.75, 3.05) is 0 Å². The summed E-state index contributed by atoms with van der Waals surface area (Å²) in [4.78, 5) is 0. The zero-order valence-electron chi connectivity index (χ0n) is 11.6. The second-order valence-corrected chi connectivity index (χ2v) is 5.20. The summed E-state index contributed by atoms with van der Waals surface area (Å²) in [5.74, 6) is 0.368. The highest BCUT2D eigenvalue weighted by molar-refractivity contribution is 5.47. The van der Waals surface area contributed by atoms with Crippen LogP contribution in [0.2, 0.25) is 0 Å². The molecule has 0 saturated heterocycles. The first-order valence-electron chi connectivity index (χ1n) is 6.65. The largest absolute Gasteiger partial charge is 0.380 e. The average molecular weight is 253 g/mol. The zero-order valence-corrected chi connectivity index (χ0v) is 11.6. The highest BCUT2D eigenvalue weighted by Crippen LogP contribution is 2.37. The minimum absolute atomic E-state index is 0.368. The van der Waals surface area contributed by atoms with Crippen LogP contribution in [0, 0.1) is 24.2 Å². The quantitative estimate of drug-likeness (QED) is 0.894. The predicted molar refractivity (Wildman–Crippen MR) is 76.5 cm³/mol. The Morgan fingerprint density at radius 1 is 1.42 bits per heavy atom. The molecule has 0 amide bonds. The van der Waals surface area contributed by atoms with E-state index in [2.05, 4.69) is 25.1 Å². The van der Waals surface area contributed by atoms with Crippen molar-refractivity contribution in [2.45, 2.75) is 32.8 Å². The Labute approximate surface area is 114 Å². The van der Waals surface area contributed by atoms with Crippen LogP contribution in [0.25, 0.3) is 0 Å². The standard InChI is InChI=1S/C17H19NO/c1-4-17(19,15-7-5-12(2)9-15)16-8-6-14(11-18)13(3)10-16/h5-10,12,19H,4H2,1-3H3. The summed E-state index contributed by atoms with van der Waals surface area (Å²) >= 11 is 0. The first kappa shape index (κ1) is 13.6. The van der Waals surface area contributed by atoms with Gasteiger partial charge in [0.2, 0.25) is 0 Å². The Morgan fingerprint density at radius 2 is 2.16 bits per heavy atom. The average Bonchev–Trinajstić information content (AvgIpc) is 2.85. The minimum Gasteiger partial charge on any atom is -0.380 e. The molecule has 1 aromatic carbocycles. The maximum atomic E-state index is 11.0. The van der Waals surface area contributed by atoms with Crippen LogP contribution in [0.15, 0.2) is 42.0 Å². The minimum atomic E-state index is -0.958. The molecule has 1 aliphatic rings. The molecule has 2 unspecified atom stereocenters.